The van der Waals surface area contributed by atoms with Crippen molar-refractivity contribution in [2.45, 2.75) is 20.3 Å². The summed E-state index contributed by atoms with van der Waals surface area (Å²) in [5, 5.41) is 0. The molecule has 14 heavy (non-hydrogen) atoms. The Morgan fingerprint density at radius 2 is 2.21 bits per heavy atom. The average Bonchev–Trinajstić information content (AvgIpc) is 2.14. The van der Waals surface area contributed by atoms with Gasteiger partial charge in [0.25, 0.3) is 0 Å². The van der Waals surface area contributed by atoms with E-state index in [1.54, 1.807) is 6.92 Å². The van der Waals surface area contributed by atoms with Crippen molar-refractivity contribution in [1.82, 2.24) is 0 Å². The number of hydrogen-bond acceptors (Lipinski definition) is 2. The molecule has 1 rings (SSSR count). The van der Waals surface area contributed by atoms with Crippen LogP contribution < -0.4 is 0 Å². The zero-order valence-electron chi connectivity index (χ0n) is 8.25. The second-order valence-electron chi connectivity index (χ2n) is 2.95. The van der Waals surface area contributed by atoms with Crippen molar-refractivity contribution in [2.24, 2.45) is 4.99 Å². The third kappa shape index (κ3) is 3.21. The van der Waals surface area contributed by atoms with Crippen LogP contribution in [0.15, 0.2) is 29.3 Å². The topological polar surface area (TPSA) is 29.4 Å². The fourth-order valence-corrected chi connectivity index (χ4v) is 1.63. The van der Waals surface area contributed by atoms with E-state index in [4.69, 9.17) is 0 Å². The molecule has 0 aromatic heterocycles. The zero-order chi connectivity index (χ0) is 10.6. The first-order valence-electron chi connectivity index (χ1n) is 4.47. The molecule has 0 bridgehead atoms. The van der Waals surface area contributed by atoms with Gasteiger partial charge >= 0.3 is 0 Å². The van der Waals surface area contributed by atoms with Crippen LogP contribution in [0.4, 0.5) is 5.69 Å². The third-order valence-electron chi connectivity index (χ3n) is 1.81. The number of carbonyl (C=O) groups is 1. The molecule has 74 valence electrons. The largest absolute Gasteiger partial charge is 0.293 e. The molecule has 2 nitrogen and oxygen atoms in total. The van der Waals surface area contributed by atoms with Crippen LogP contribution in [0.25, 0.3) is 0 Å². The SMILES string of the molecule is CCC(=Nc1cccc(I)c1)C(C)=O. The van der Waals surface area contributed by atoms with Crippen LogP contribution in [0.3, 0.4) is 0 Å². The molecule has 0 aliphatic heterocycles. The van der Waals surface area contributed by atoms with E-state index in [-0.39, 0.29) is 5.78 Å². The molecule has 1 aromatic rings. The van der Waals surface area contributed by atoms with E-state index < -0.39 is 0 Å². The third-order valence-corrected chi connectivity index (χ3v) is 2.48. The van der Waals surface area contributed by atoms with Gasteiger partial charge in [-0.1, -0.05) is 13.0 Å². The Morgan fingerprint density at radius 1 is 1.50 bits per heavy atom. The van der Waals surface area contributed by atoms with Gasteiger partial charge in [0.2, 0.25) is 0 Å². The Balaban J connectivity index is 3.00. The molecule has 0 atom stereocenters. The highest BCUT2D eigenvalue weighted by Gasteiger charge is 2.02. The van der Waals surface area contributed by atoms with Crippen molar-refractivity contribution < 1.29 is 4.79 Å². The minimum absolute atomic E-state index is 0.0476. The second-order valence-corrected chi connectivity index (χ2v) is 4.19. The van der Waals surface area contributed by atoms with Gasteiger partial charge in [0.1, 0.15) is 0 Å². The molecule has 0 N–H and O–H groups in total. The van der Waals surface area contributed by atoms with Gasteiger partial charge in [-0.2, -0.15) is 0 Å². The lowest BCUT2D eigenvalue weighted by Crippen LogP contribution is -2.07. The lowest BCUT2D eigenvalue weighted by Gasteiger charge is -1.99. The monoisotopic (exact) mass is 301 g/mol. The van der Waals surface area contributed by atoms with Crippen molar-refractivity contribution >= 4 is 39.8 Å². The van der Waals surface area contributed by atoms with Crippen molar-refractivity contribution in [1.29, 1.82) is 0 Å². The fraction of sp³-hybridized carbons (Fsp3) is 0.273. The lowest BCUT2D eigenvalue weighted by atomic mass is 10.2. The van der Waals surface area contributed by atoms with Crippen molar-refractivity contribution in [3.05, 3.63) is 27.8 Å². The van der Waals surface area contributed by atoms with Crippen LogP contribution in [0.5, 0.6) is 0 Å². The van der Waals surface area contributed by atoms with Crippen molar-refractivity contribution in [2.75, 3.05) is 0 Å². The lowest BCUT2D eigenvalue weighted by molar-refractivity contribution is -0.111. The van der Waals surface area contributed by atoms with Gasteiger partial charge in [-0.3, -0.25) is 4.79 Å². The van der Waals surface area contributed by atoms with Crippen molar-refractivity contribution in [3.63, 3.8) is 0 Å². The Hall–Kier alpha value is -0.710. The summed E-state index contributed by atoms with van der Waals surface area (Å²) in [4.78, 5) is 15.4. The van der Waals surface area contributed by atoms with E-state index in [2.05, 4.69) is 27.6 Å². The first kappa shape index (κ1) is 11.4. The standard InChI is InChI=1S/C11H12INO/c1-3-11(8(2)14)13-10-6-4-5-9(12)7-10/h4-7H,3H2,1-2H3. The summed E-state index contributed by atoms with van der Waals surface area (Å²) in [5.41, 5.74) is 1.48. The zero-order valence-corrected chi connectivity index (χ0v) is 10.4. The summed E-state index contributed by atoms with van der Waals surface area (Å²) in [6.07, 6.45) is 0.681. The highest BCUT2D eigenvalue weighted by molar-refractivity contribution is 14.1. The first-order valence-corrected chi connectivity index (χ1v) is 5.55. The number of Topliss-reactive ketones (excluding diaryl/α,β-unsaturated/α-hetero) is 1. The summed E-state index contributed by atoms with van der Waals surface area (Å²) in [6, 6.07) is 7.80. The summed E-state index contributed by atoms with van der Waals surface area (Å²) in [5.74, 6) is 0.0476. The van der Waals surface area contributed by atoms with Crippen LogP contribution in [-0.4, -0.2) is 11.5 Å². The maximum atomic E-state index is 11.1. The Morgan fingerprint density at radius 3 is 2.71 bits per heavy atom. The van der Waals surface area contributed by atoms with Crippen LogP contribution in [0.1, 0.15) is 20.3 Å². The number of ketones is 1. The Bertz CT molecular complexity index is 371. The molecular formula is C11H12INO. The van der Waals surface area contributed by atoms with Crippen LogP contribution in [0, 0.1) is 3.57 Å². The molecule has 0 radical (unpaired) electrons. The smallest absolute Gasteiger partial charge is 0.173 e. The number of rotatable bonds is 3. The van der Waals surface area contributed by atoms with Crippen LogP contribution in [-0.2, 0) is 4.79 Å². The van der Waals surface area contributed by atoms with E-state index in [0.29, 0.717) is 12.1 Å². The molecule has 0 spiro atoms. The number of aliphatic imine (C=N–C) groups is 1. The molecular weight excluding hydrogens is 289 g/mol. The van der Waals surface area contributed by atoms with E-state index in [1.807, 2.05) is 31.2 Å². The number of hydrogen-bond donors (Lipinski definition) is 0. The molecule has 0 unspecified atom stereocenters. The summed E-state index contributed by atoms with van der Waals surface area (Å²) >= 11 is 2.23. The van der Waals surface area contributed by atoms with E-state index in [0.717, 1.165) is 9.26 Å². The van der Waals surface area contributed by atoms with Crippen LogP contribution in [0.2, 0.25) is 0 Å². The first-order chi connectivity index (χ1) is 6.63. The van der Waals surface area contributed by atoms with E-state index in [9.17, 15) is 4.79 Å². The molecule has 0 heterocycles. The molecule has 0 amide bonds. The predicted molar refractivity (Wildman–Crippen MR) is 67.2 cm³/mol. The number of halogens is 1. The fourth-order valence-electron chi connectivity index (χ4n) is 1.11. The average molecular weight is 301 g/mol. The number of benzene rings is 1. The van der Waals surface area contributed by atoms with Crippen molar-refractivity contribution in [3.8, 4) is 0 Å². The summed E-state index contributed by atoms with van der Waals surface area (Å²) in [7, 11) is 0. The van der Waals surface area contributed by atoms with Crippen LogP contribution >= 0.6 is 22.6 Å². The maximum Gasteiger partial charge on any atom is 0.173 e. The maximum absolute atomic E-state index is 11.1. The molecule has 0 aliphatic rings. The van der Waals surface area contributed by atoms with E-state index >= 15 is 0 Å². The van der Waals surface area contributed by atoms with Gasteiger partial charge < -0.3 is 0 Å². The number of carbonyl (C=O) groups excluding carboxylic acids is 1. The van der Waals surface area contributed by atoms with Gasteiger partial charge in [0.05, 0.1) is 11.4 Å². The summed E-state index contributed by atoms with van der Waals surface area (Å²) < 4.78 is 1.13. The molecule has 0 aliphatic carbocycles. The minimum atomic E-state index is 0.0476. The molecule has 0 fully saturated rings. The Kier molecular flexibility index (Phi) is 4.25. The van der Waals surface area contributed by atoms with Gasteiger partial charge in [0.15, 0.2) is 5.78 Å². The second kappa shape index (κ2) is 5.24. The summed E-state index contributed by atoms with van der Waals surface area (Å²) in [6.45, 7) is 3.49. The molecule has 0 saturated carbocycles. The van der Waals surface area contributed by atoms with Gasteiger partial charge in [0, 0.05) is 10.5 Å². The van der Waals surface area contributed by atoms with Gasteiger partial charge in [-0.15, -0.1) is 0 Å². The van der Waals surface area contributed by atoms with Gasteiger partial charge in [-0.25, -0.2) is 4.99 Å². The minimum Gasteiger partial charge on any atom is -0.293 e. The van der Waals surface area contributed by atoms with Gasteiger partial charge in [-0.05, 0) is 47.2 Å². The normalized spacial score (nSPS) is 11.5. The highest BCUT2D eigenvalue weighted by Crippen LogP contribution is 2.16. The predicted octanol–water partition coefficient (Wildman–Crippen LogP) is 3.36. The quantitative estimate of drug-likeness (QED) is 0.622. The molecule has 0 saturated heterocycles. The highest BCUT2D eigenvalue weighted by atomic mass is 127. The molecule has 1 aromatic carbocycles. The Labute approximate surface area is 97.6 Å². The van der Waals surface area contributed by atoms with E-state index in [1.165, 1.54) is 0 Å². The molecule has 3 heteroatoms. The number of nitrogens with zero attached hydrogens (tertiary/aromatic N) is 1.